The van der Waals surface area contributed by atoms with Gasteiger partial charge in [0.1, 0.15) is 6.04 Å². The van der Waals surface area contributed by atoms with Crippen LogP contribution in [-0.2, 0) is 22.6 Å². The zero-order chi connectivity index (χ0) is 20.0. The molecule has 2 aromatic rings. The van der Waals surface area contributed by atoms with Gasteiger partial charge in [0, 0.05) is 17.6 Å². The van der Waals surface area contributed by atoms with Crippen molar-refractivity contribution in [3.05, 3.63) is 70.2 Å². The van der Waals surface area contributed by atoms with Gasteiger partial charge in [-0.1, -0.05) is 48.0 Å². The fourth-order valence-corrected chi connectivity index (χ4v) is 2.96. The van der Waals surface area contributed by atoms with E-state index in [0.29, 0.717) is 11.6 Å². The molecule has 0 aromatic heterocycles. The van der Waals surface area contributed by atoms with Crippen LogP contribution in [0.2, 0.25) is 5.02 Å². The maximum Gasteiger partial charge on any atom is 0.242 e. The number of hydrogen-bond acceptors (Lipinski definition) is 2. The largest absolute Gasteiger partial charge is 0.352 e. The molecule has 0 saturated carbocycles. The van der Waals surface area contributed by atoms with E-state index in [1.807, 2.05) is 57.2 Å². The number of nitrogens with one attached hydrogen (secondary N) is 1. The first-order valence-electron chi connectivity index (χ1n) is 9.16. The summed E-state index contributed by atoms with van der Waals surface area (Å²) in [4.78, 5) is 27.3. The van der Waals surface area contributed by atoms with Gasteiger partial charge in [-0.25, -0.2) is 0 Å². The summed E-state index contributed by atoms with van der Waals surface area (Å²) in [6.45, 7) is 8.00. The van der Waals surface area contributed by atoms with Crippen molar-refractivity contribution in [2.75, 3.05) is 0 Å². The molecule has 144 valence electrons. The Bertz CT molecular complexity index is 787. The molecule has 1 N–H and O–H groups in total. The summed E-state index contributed by atoms with van der Waals surface area (Å²) in [5.74, 6) is -0.241. The van der Waals surface area contributed by atoms with Crippen molar-refractivity contribution >= 4 is 23.4 Å². The Balaban J connectivity index is 2.24. The molecule has 0 aliphatic rings. The smallest absolute Gasteiger partial charge is 0.242 e. The maximum atomic E-state index is 13.1. The second kappa shape index (κ2) is 9.56. The minimum absolute atomic E-state index is 0.0200. The molecule has 2 amide bonds. The van der Waals surface area contributed by atoms with E-state index in [-0.39, 0.29) is 24.3 Å². The van der Waals surface area contributed by atoms with Crippen molar-refractivity contribution in [2.45, 2.75) is 52.7 Å². The van der Waals surface area contributed by atoms with Crippen LogP contribution in [0.25, 0.3) is 0 Å². The summed E-state index contributed by atoms with van der Waals surface area (Å²) < 4.78 is 0. The molecule has 2 rings (SSSR count). The molecule has 4 nitrogen and oxygen atoms in total. The second-order valence-corrected chi connectivity index (χ2v) is 7.53. The number of halogens is 1. The summed E-state index contributed by atoms with van der Waals surface area (Å²) in [6.07, 6.45) is 0.225. The van der Waals surface area contributed by atoms with Crippen molar-refractivity contribution in [2.24, 2.45) is 0 Å². The highest BCUT2D eigenvalue weighted by Crippen LogP contribution is 2.16. The number of amides is 2. The van der Waals surface area contributed by atoms with Gasteiger partial charge in [-0.3, -0.25) is 9.59 Å². The highest BCUT2D eigenvalue weighted by atomic mass is 35.5. The first kappa shape index (κ1) is 21.0. The number of benzene rings is 2. The molecule has 0 fully saturated rings. The van der Waals surface area contributed by atoms with Gasteiger partial charge in [0.05, 0.1) is 6.42 Å². The molecule has 5 heteroatoms. The van der Waals surface area contributed by atoms with Gasteiger partial charge in [0.25, 0.3) is 0 Å². The van der Waals surface area contributed by atoms with Crippen LogP contribution in [0.5, 0.6) is 0 Å². The van der Waals surface area contributed by atoms with E-state index in [1.165, 1.54) is 0 Å². The lowest BCUT2D eigenvalue weighted by atomic mass is 10.1. The molecule has 0 radical (unpaired) electrons. The van der Waals surface area contributed by atoms with E-state index < -0.39 is 6.04 Å². The summed E-state index contributed by atoms with van der Waals surface area (Å²) >= 11 is 5.93. The van der Waals surface area contributed by atoms with Crippen LogP contribution in [0, 0.1) is 6.92 Å². The van der Waals surface area contributed by atoms with Crippen LogP contribution in [0.3, 0.4) is 0 Å². The van der Waals surface area contributed by atoms with E-state index in [9.17, 15) is 9.59 Å². The first-order valence-corrected chi connectivity index (χ1v) is 9.54. The lowest BCUT2D eigenvalue weighted by Crippen LogP contribution is -2.49. The van der Waals surface area contributed by atoms with Gasteiger partial charge in [-0.2, -0.15) is 0 Å². The Morgan fingerprint density at radius 3 is 2.26 bits per heavy atom. The van der Waals surface area contributed by atoms with Gasteiger partial charge in [0.2, 0.25) is 11.8 Å². The fourth-order valence-electron chi connectivity index (χ4n) is 2.84. The fraction of sp³-hybridized carbons (Fsp3) is 0.364. The van der Waals surface area contributed by atoms with E-state index in [4.69, 9.17) is 11.6 Å². The van der Waals surface area contributed by atoms with Gasteiger partial charge in [0.15, 0.2) is 0 Å². The molecule has 0 spiro atoms. The minimum Gasteiger partial charge on any atom is -0.352 e. The van der Waals surface area contributed by atoms with Crippen LogP contribution in [0.15, 0.2) is 48.5 Å². The normalized spacial score (nSPS) is 11.9. The van der Waals surface area contributed by atoms with Crippen molar-refractivity contribution in [3.63, 3.8) is 0 Å². The van der Waals surface area contributed by atoms with Gasteiger partial charge in [-0.05, 0) is 56.5 Å². The maximum absolute atomic E-state index is 13.1. The molecule has 1 atom stereocenters. The number of carbonyl (C=O) groups is 2. The number of carbonyl (C=O) groups excluding carboxylic acids is 2. The van der Waals surface area contributed by atoms with Gasteiger partial charge in [-0.15, -0.1) is 0 Å². The number of aryl methyl sites for hydroxylation is 1. The topological polar surface area (TPSA) is 49.4 Å². The highest BCUT2D eigenvalue weighted by molar-refractivity contribution is 6.30. The Morgan fingerprint density at radius 2 is 1.67 bits per heavy atom. The third-order valence-electron chi connectivity index (χ3n) is 4.47. The Hall–Kier alpha value is -2.33. The van der Waals surface area contributed by atoms with Crippen LogP contribution >= 0.6 is 11.6 Å². The Labute approximate surface area is 166 Å². The standard InChI is InChI=1S/C22H27ClN2O2/c1-15(2)24-22(27)17(4)25(14-19-8-6-5-7-16(19)3)21(26)13-18-9-11-20(23)12-10-18/h5-12,15,17H,13-14H2,1-4H3,(H,24,27). The van der Waals surface area contributed by atoms with Crippen molar-refractivity contribution in [1.29, 1.82) is 0 Å². The third kappa shape index (κ3) is 6.10. The average Bonchev–Trinajstić information content (AvgIpc) is 2.61. The van der Waals surface area contributed by atoms with Crippen LogP contribution in [-0.4, -0.2) is 28.8 Å². The van der Waals surface area contributed by atoms with Crippen molar-refractivity contribution < 1.29 is 9.59 Å². The highest BCUT2D eigenvalue weighted by Gasteiger charge is 2.26. The Kier molecular flexibility index (Phi) is 7.43. The number of hydrogen-bond donors (Lipinski definition) is 1. The molecule has 0 bridgehead atoms. The van der Waals surface area contributed by atoms with Gasteiger partial charge >= 0.3 is 0 Å². The molecule has 0 aliphatic carbocycles. The van der Waals surface area contributed by atoms with Crippen LogP contribution in [0.1, 0.15) is 37.5 Å². The minimum atomic E-state index is -0.563. The van der Waals surface area contributed by atoms with Crippen molar-refractivity contribution in [3.8, 4) is 0 Å². The summed E-state index contributed by atoms with van der Waals surface area (Å²) in [7, 11) is 0. The van der Waals surface area contributed by atoms with Crippen LogP contribution < -0.4 is 5.32 Å². The first-order chi connectivity index (χ1) is 12.8. The molecule has 1 unspecified atom stereocenters. The van der Waals surface area contributed by atoms with E-state index in [1.54, 1.807) is 24.0 Å². The predicted octanol–water partition coefficient (Wildman–Crippen LogP) is 4.13. The predicted molar refractivity (Wildman–Crippen MR) is 110 cm³/mol. The van der Waals surface area contributed by atoms with E-state index in [0.717, 1.165) is 16.7 Å². The molecule has 0 aliphatic heterocycles. The molecule has 0 saturated heterocycles. The zero-order valence-electron chi connectivity index (χ0n) is 16.3. The lowest BCUT2D eigenvalue weighted by Gasteiger charge is -2.30. The molecule has 0 heterocycles. The third-order valence-corrected chi connectivity index (χ3v) is 4.72. The summed E-state index contributed by atoms with van der Waals surface area (Å²) in [5.41, 5.74) is 3.00. The SMILES string of the molecule is Cc1ccccc1CN(C(=O)Cc1ccc(Cl)cc1)C(C)C(=O)NC(C)C. The molecular weight excluding hydrogens is 360 g/mol. The van der Waals surface area contributed by atoms with Gasteiger partial charge < -0.3 is 10.2 Å². The molecule has 27 heavy (non-hydrogen) atoms. The molecule has 2 aromatic carbocycles. The second-order valence-electron chi connectivity index (χ2n) is 7.09. The quantitative estimate of drug-likeness (QED) is 0.777. The number of nitrogens with zero attached hydrogens (tertiary/aromatic N) is 1. The summed E-state index contributed by atoms with van der Waals surface area (Å²) in [6, 6.07) is 14.6. The van der Waals surface area contributed by atoms with Crippen molar-refractivity contribution in [1.82, 2.24) is 10.2 Å². The average molecular weight is 387 g/mol. The lowest BCUT2D eigenvalue weighted by molar-refractivity contribution is -0.140. The monoisotopic (exact) mass is 386 g/mol. The Morgan fingerprint density at radius 1 is 1.04 bits per heavy atom. The van der Waals surface area contributed by atoms with E-state index in [2.05, 4.69) is 5.32 Å². The van der Waals surface area contributed by atoms with Crippen LogP contribution in [0.4, 0.5) is 0 Å². The molecular formula is C22H27ClN2O2. The zero-order valence-corrected chi connectivity index (χ0v) is 17.1. The van der Waals surface area contributed by atoms with E-state index >= 15 is 0 Å². The number of rotatable bonds is 7. The summed E-state index contributed by atoms with van der Waals surface area (Å²) in [5, 5.41) is 3.53.